The highest BCUT2D eigenvalue weighted by molar-refractivity contribution is 8.39. The second kappa shape index (κ2) is 6.01. The summed E-state index contributed by atoms with van der Waals surface area (Å²) >= 11 is 3.50. The third-order valence-electron chi connectivity index (χ3n) is 2.88. The van der Waals surface area contributed by atoms with Gasteiger partial charge in [0.1, 0.15) is 4.38 Å². The summed E-state index contributed by atoms with van der Waals surface area (Å²) in [4.78, 5) is 9.05. The van der Waals surface area contributed by atoms with Crippen molar-refractivity contribution < 1.29 is 4.52 Å². The second-order valence-corrected chi connectivity index (χ2v) is 7.24. The third kappa shape index (κ3) is 3.07. The average molecular weight is 305 g/mol. The summed E-state index contributed by atoms with van der Waals surface area (Å²) in [5.74, 6) is 2.36. The van der Waals surface area contributed by atoms with Gasteiger partial charge in [0, 0.05) is 11.3 Å². The van der Waals surface area contributed by atoms with Crippen LogP contribution in [0.1, 0.15) is 24.9 Å². The molecule has 0 unspecified atom stereocenters. The topological polar surface area (TPSA) is 51.3 Å². The summed E-state index contributed by atoms with van der Waals surface area (Å²) in [6.07, 6.45) is 0. The average Bonchev–Trinajstić information content (AvgIpc) is 3.09. The van der Waals surface area contributed by atoms with Crippen LogP contribution in [0.3, 0.4) is 0 Å². The van der Waals surface area contributed by atoms with Gasteiger partial charge < -0.3 is 4.52 Å². The number of thioether (sulfide) groups is 2. The van der Waals surface area contributed by atoms with Crippen LogP contribution < -0.4 is 0 Å². The van der Waals surface area contributed by atoms with E-state index in [9.17, 15) is 0 Å². The van der Waals surface area contributed by atoms with E-state index < -0.39 is 0 Å². The molecule has 1 aliphatic heterocycles. The molecule has 2 aromatic rings. The van der Waals surface area contributed by atoms with Crippen LogP contribution in [0.25, 0.3) is 11.5 Å². The van der Waals surface area contributed by atoms with Gasteiger partial charge in [-0.2, -0.15) is 4.98 Å². The van der Waals surface area contributed by atoms with Gasteiger partial charge in [0.25, 0.3) is 5.89 Å². The Labute approximate surface area is 126 Å². The zero-order valence-corrected chi connectivity index (χ0v) is 12.9. The lowest BCUT2D eigenvalue weighted by atomic mass is 10.2. The van der Waals surface area contributed by atoms with Crippen LogP contribution in [0.2, 0.25) is 0 Å². The molecule has 4 nitrogen and oxygen atoms in total. The fourth-order valence-corrected chi connectivity index (χ4v) is 4.18. The first-order valence-electron chi connectivity index (χ1n) is 6.48. The van der Waals surface area contributed by atoms with Crippen LogP contribution >= 0.6 is 23.5 Å². The van der Waals surface area contributed by atoms with Crippen LogP contribution in [0, 0.1) is 0 Å². The molecule has 0 fully saturated rings. The number of nitrogens with zero attached hydrogens (tertiary/aromatic N) is 3. The van der Waals surface area contributed by atoms with Crippen LogP contribution in [0.15, 0.2) is 39.8 Å². The molecule has 0 radical (unpaired) electrons. The van der Waals surface area contributed by atoms with Crippen LogP contribution in [-0.2, 0) is 0 Å². The Morgan fingerprint density at radius 2 is 2.15 bits per heavy atom. The first-order chi connectivity index (χ1) is 9.72. The molecule has 20 heavy (non-hydrogen) atoms. The molecule has 0 aliphatic carbocycles. The molecule has 0 spiro atoms. The molecule has 0 amide bonds. The number of rotatable bonds is 3. The summed E-state index contributed by atoms with van der Waals surface area (Å²) in [5, 5.41) is 4.23. The standard InChI is InChI=1S/C14H15N3OS2/c1-9-8-19-14(15-9)20-10(2)12-16-13(18-17-12)11-6-4-3-5-7-11/h3-7,9-10H,8H2,1-2H3/t9-,10-/m0/s1. The van der Waals surface area contributed by atoms with E-state index in [1.165, 1.54) is 0 Å². The Morgan fingerprint density at radius 3 is 2.85 bits per heavy atom. The monoisotopic (exact) mass is 305 g/mol. The summed E-state index contributed by atoms with van der Waals surface area (Å²) in [5.41, 5.74) is 0.949. The number of hydrogen-bond acceptors (Lipinski definition) is 6. The minimum atomic E-state index is 0.146. The van der Waals surface area contributed by atoms with Crippen LogP contribution in [0.5, 0.6) is 0 Å². The van der Waals surface area contributed by atoms with E-state index in [4.69, 9.17) is 4.52 Å². The van der Waals surface area contributed by atoms with Gasteiger partial charge in [-0.1, -0.05) is 46.9 Å². The fraction of sp³-hybridized carbons (Fsp3) is 0.357. The molecule has 1 aliphatic rings. The minimum absolute atomic E-state index is 0.146. The number of benzene rings is 1. The molecular weight excluding hydrogens is 290 g/mol. The maximum Gasteiger partial charge on any atom is 0.257 e. The lowest BCUT2D eigenvalue weighted by molar-refractivity contribution is 0.423. The second-order valence-electron chi connectivity index (χ2n) is 4.64. The Hall–Kier alpha value is -1.27. The first kappa shape index (κ1) is 13.7. The lowest BCUT2D eigenvalue weighted by Gasteiger charge is -2.04. The van der Waals surface area contributed by atoms with Crippen molar-refractivity contribution in [3.05, 3.63) is 36.2 Å². The predicted molar refractivity (Wildman–Crippen MR) is 85.1 cm³/mol. The highest BCUT2D eigenvalue weighted by Gasteiger charge is 2.21. The molecule has 3 rings (SSSR count). The number of aromatic nitrogens is 2. The number of hydrogen-bond donors (Lipinski definition) is 0. The van der Waals surface area contributed by atoms with Crippen LogP contribution in [0.4, 0.5) is 0 Å². The Morgan fingerprint density at radius 1 is 1.35 bits per heavy atom. The van der Waals surface area contributed by atoms with E-state index in [1.54, 1.807) is 23.5 Å². The van der Waals surface area contributed by atoms with Gasteiger partial charge in [0.15, 0.2) is 5.82 Å². The minimum Gasteiger partial charge on any atom is -0.334 e. The van der Waals surface area contributed by atoms with Gasteiger partial charge in [0.2, 0.25) is 0 Å². The van der Waals surface area contributed by atoms with Crippen molar-refractivity contribution >= 4 is 27.9 Å². The van der Waals surface area contributed by atoms with Crippen molar-refractivity contribution in [1.29, 1.82) is 0 Å². The van der Waals surface area contributed by atoms with E-state index in [1.807, 2.05) is 30.3 Å². The third-order valence-corrected chi connectivity index (χ3v) is 5.39. The van der Waals surface area contributed by atoms with E-state index in [2.05, 4.69) is 29.0 Å². The van der Waals surface area contributed by atoms with E-state index in [0.717, 1.165) is 21.5 Å². The zero-order valence-electron chi connectivity index (χ0n) is 11.3. The molecule has 1 aromatic carbocycles. The smallest absolute Gasteiger partial charge is 0.257 e. The van der Waals surface area contributed by atoms with Crippen molar-refractivity contribution in [3.8, 4) is 11.5 Å². The van der Waals surface area contributed by atoms with Crippen LogP contribution in [-0.4, -0.2) is 26.3 Å². The normalized spacial score (nSPS) is 19.9. The Balaban J connectivity index is 1.72. The molecule has 104 valence electrons. The molecule has 6 heteroatoms. The molecule has 0 saturated heterocycles. The quantitative estimate of drug-likeness (QED) is 0.857. The van der Waals surface area contributed by atoms with Crippen molar-refractivity contribution in [2.45, 2.75) is 25.1 Å². The van der Waals surface area contributed by atoms with Crippen molar-refractivity contribution in [3.63, 3.8) is 0 Å². The molecule has 1 aromatic heterocycles. The lowest BCUT2D eigenvalue weighted by Crippen LogP contribution is -1.95. The summed E-state index contributed by atoms with van der Waals surface area (Å²) in [6.45, 7) is 4.21. The highest BCUT2D eigenvalue weighted by atomic mass is 32.2. The number of aliphatic imine (C=N–C) groups is 1. The van der Waals surface area contributed by atoms with Crippen molar-refractivity contribution in [2.24, 2.45) is 4.99 Å². The summed E-state index contributed by atoms with van der Waals surface area (Å²) < 4.78 is 6.46. The van der Waals surface area contributed by atoms with Gasteiger partial charge in [-0.25, -0.2) is 0 Å². The summed E-state index contributed by atoms with van der Waals surface area (Å²) in [7, 11) is 0. The Bertz CT molecular complexity index is 612. The maximum absolute atomic E-state index is 5.34. The molecule has 0 saturated carbocycles. The van der Waals surface area contributed by atoms with Crippen molar-refractivity contribution in [1.82, 2.24) is 10.1 Å². The van der Waals surface area contributed by atoms with E-state index in [-0.39, 0.29) is 5.25 Å². The van der Waals surface area contributed by atoms with Gasteiger partial charge in [0.05, 0.1) is 11.3 Å². The first-order valence-corrected chi connectivity index (χ1v) is 8.35. The molecule has 0 bridgehead atoms. The predicted octanol–water partition coefficient (Wildman–Crippen LogP) is 4.02. The maximum atomic E-state index is 5.34. The van der Waals surface area contributed by atoms with Gasteiger partial charge in [-0.15, -0.1) is 0 Å². The van der Waals surface area contributed by atoms with Gasteiger partial charge in [-0.3, -0.25) is 4.99 Å². The molecular formula is C14H15N3OS2. The molecule has 2 atom stereocenters. The fourth-order valence-electron chi connectivity index (χ4n) is 1.81. The molecule has 0 N–H and O–H groups in total. The molecule has 2 heterocycles. The highest BCUT2D eigenvalue weighted by Crippen LogP contribution is 2.35. The largest absolute Gasteiger partial charge is 0.334 e. The van der Waals surface area contributed by atoms with Gasteiger partial charge >= 0.3 is 0 Å². The van der Waals surface area contributed by atoms with E-state index >= 15 is 0 Å². The SMILES string of the molecule is C[C@H](SC1=N[C@@H](C)CS1)c1noc(-c2ccccc2)n1. The van der Waals surface area contributed by atoms with Gasteiger partial charge in [-0.05, 0) is 26.0 Å². The Kier molecular flexibility index (Phi) is 4.12. The van der Waals surface area contributed by atoms with Crippen molar-refractivity contribution in [2.75, 3.05) is 5.75 Å². The summed E-state index contributed by atoms with van der Waals surface area (Å²) in [6, 6.07) is 10.2. The zero-order chi connectivity index (χ0) is 13.9. The van der Waals surface area contributed by atoms with E-state index in [0.29, 0.717) is 11.9 Å².